The van der Waals surface area contributed by atoms with E-state index in [1.807, 2.05) is 0 Å². The Labute approximate surface area is 182 Å². The monoisotopic (exact) mass is 450 g/mol. The summed E-state index contributed by atoms with van der Waals surface area (Å²) in [6, 6.07) is 15.9. The fourth-order valence-corrected chi connectivity index (χ4v) is 3.77. The van der Waals surface area contributed by atoms with Crippen molar-refractivity contribution >= 4 is 27.1 Å². The molecule has 1 heterocycles. The number of hydrogen-bond acceptors (Lipinski definition) is 8. The van der Waals surface area contributed by atoms with Crippen molar-refractivity contribution in [3.63, 3.8) is 0 Å². The highest BCUT2D eigenvalue weighted by atomic mass is 32.2. The van der Waals surface area contributed by atoms with Gasteiger partial charge in [0.15, 0.2) is 0 Å². The molecule has 0 saturated carbocycles. The quantitative estimate of drug-likeness (QED) is 0.247. The van der Waals surface area contributed by atoms with Gasteiger partial charge >= 0.3 is 0 Å². The number of anilines is 3. The van der Waals surface area contributed by atoms with E-state index in [-0.39, 0.29) is 28.6 Å². The van der Waals surface area contributed by atoms with E-state index in [0.29, 0.717) is 22.5 Å². The van der Waals surface area contributed by atoms with E-state index in [0.717, 1.165) is 0 Å². The third-order valence-corrected chi connectivity index (χ3v) is 5.72. The molecule has 0 spiro atoms. The van der Waals surface area contributed by atoms with Crippen molar-refractivity contribution in [3.05, 3.63) is 92.9 Å². The van der Waals surface area contributed by atoms with Crippen LogP contribution in [0.2, 0.25) is 0 Å². The van der Waals surface area contributed by atoms with Crippen LogP contribution >= 0.6 is 0 Å². The molecule has 4 rings (SSSR count). The topological polar surface area (TPSA) is 151 Å². The van der Waals surface area contributed by atoms with Crippen molar-refractivity contribution in [3.8, 4) is 17.0 Å². The van der Waals surface area contributed by atoms with E-state index in [1.165, 1.54) is 24.3 Å². The minimum atomic E-state index is -3.86. The maximum Gasteiger partial charge on any atom is 0.253 e. The molecule has 0 bridgehead atoms. The molecule has 0 aliphatic rings. The predicted octanol–water partition coefficient (Wildman–Crippen LogP) is 2.05. The van der Waals surface area contributed by atoms with E-state index in [4.69, 9.17) is 5.14 Å². The maximum atomic E-state index is 12.1. The molecular formula is C22H18N4O5S. The summed E-state index contributed by atoms with van der Waals surface area (Å²) < 4.78 is 23.0. The Morgan fingerprint density at radius 1 is 0.938 bits per heavy atom. The number of benzene rings is 2. The molecule has 1 aromatic heterocycles. The SMILES string of the molecule is NS(=O)(=O)c1cccc(CNc2c(Nc3ccc(O)c(-c4ccccn4)c3)c(=O)c2=O)c1. The van der Waals surface area contributed by atoms with Crippen LogP contribution < -0.4 is 26.6 Å². The summed E-state index contributed by atoms with van der Waals surface area (Å²) >= 11 is 0. The minimum Gasteiger partial charge on any atom is -0.507 e. The minimum absolute atomic E-state index is 0.0207. The standard InChI is InChI=1S/C22H18N4O5S/c23-32(30,31)15-5-3-4-13(10-15)12-25-19-20(22(29)21(19)28)26-14-7-8-18(27)16(11-14)17-6-1-2-9-24-17/h1-11,25-27H,12H2,(H2,23,30,31). The molecule has 0 fully saturated rings. The Morgan fingerprint density at radius 3 is 2.44 bits per heavy atom. The van der Waals surface area contributed by atoms with Gasteiger partial charge in [-0.1, -0.05) is 18.2 Å². The molecule has 10 heteroatoms. The Bertz CT molecular complexity index is 1480. The van der Waals surface area contributed by atoms with Crippen LogP contribution in [0.4, 0.5) is 17.1 Å². The number of hydrogen-bond donors (Lipinski definition) is 4. The number of aromatic hydroxyl groups is 1. The van der Waals surface area contributed by atoms with Crippen LogP contribution in [0.15, 0.2) is 81.3 Å². The number of phenols is 1. The lowest BCUT2D eigenvalue weighted by molar-refractivity contribution is 0.477. The van der Waals surface area contributed by atoms with Gasteiger partial charge < -0.3 is 15.7 Å². The molecular weight excluding hydrogens is 432 g/mol. The van der Waals surface area contributed by atoms with E-state index in [2.05, 4.69) is 15.6 Å². The smallest absolute Gasteiger partial charge is 0.253 e. The normalized spacial score (nSPS) is 11.4. The predicted molar refractivity (Wildman–Crippen MR) is 121 cm³/mol. The summed E-state index contributed by atoms with van der Waals surface area (Å²) in [5.74, 6) is 0.0207. The molecule has 4 aromatic rings. The summed E-state index contributed by atoms with van der Waals surface area (Å²) in [5.41, 5.74) is 0.860. The molecule has 162 valence electrons. The van der Waals surface area contributed by atoms with Gasteiger partial charge in [-0.25, -0.2) is 13.6 Å². The zero-order valence-electron chi connectivity index (χ0n) is 16.6. The lowest BCUT2D eigenvalue weighted by atomic mass is 10.1. The number of pyridine rings is 1. The summed E-state index contributed by atoms with van der Waals surface area (Å²) in [7, 11) is -3.86. The molecule has 0 aliphatic heterocycles. The van der Waals surface area contributed by atoms with Gasteiger partial charge in [0.1, 0.15) is 17.1 Å². The van der Waals surface area contributed by atoms with E-state index >= 15 is 0 Å². The first-order valence-corrected chi connectivity index (χ1v) is 11.0. The fraction of sp³-hybridized carbons (Fsp3) is 0.0455. The average molecular weight is 450 g/mol. The second-order valence-corrected chi connectivity index (χ2v) is 8.59. The van der Waals surface area contributed by atoms with Gasteiger partial charge in [0.25, 0.3) is 10.9 Å². The lowest BCUT2D eigenvalue weighted by Crippen LogP contribution is -2.36. The Hall–Kier alpha value is -4.02. The van der Waals surface area contributed by atoms with Crippen LogP contribution in [0.25, 0.3) is 11.3 Å². The molecule has 0 atom stereocenters. The van der Waals surface area contributed by atoms with Gasteiger partial charge in [-0.2, -0.15) is 0 Å². The van der Waals surface area contributed by atoms with Crippen LogP contribution in [0, 0.1) is 0 Å². The van der Waals surface area contributed by atoms with Gasteiger partial charge in [-0.3, -0.25) is 14.6 Å². The van der Waals surface area contributed by atoms with E-state index < -0.39 is 20.9 Å². The zero-order chi connectivity index (χ0) is 22.9. The largest absolute Gasteiger partial charge is 0.507 e. The van der Waals surface area contributed by atoms with Crippen molar-refractivity contribution in [2.75, 3.05) is 10.6 Å². The van der Waals surface area contributed by atoms with Crippen LogP contribution in [-0.2, 0) is 16.6 Å². The van der Waals surface area contributed by atoms with Gasteiger partial charge in [-0.15, -0.1) is 0 Å². The first-order chi connectivity index (χ1) is 15.2. The van der Waals surface area contributed by atoms with Crippen LogP contribution in [-0.4, -0.2) is 18.5 Å². The summed E-state index contributed by atoms with van der Waals surface area (Å²) in [6.07, 6.45) is 1.60. The molecule has 0 saturated heterocycles. The highest BCUT2D eigenvalue weighted by Crippen LogP contribution is 2.32. The highest BCUT2D eigenvalue weighted by molar-refractivity contribution is 7.89. The fourth-order valence-electron chi connectivity index (χ4n) is 3.19. The number of rotatable bonds is 7. The van der Waals surface area contributed by atoms with E-state index in [1.54, 1.807) is 42.6 Å². The highest BCUT2D eigenvalue weighted by Gasteiger charge is 2.21. The van der Waals surface area contributed by atoms with E-state index in [9.17, 15) is 23.1 Å². The summed E-state index contributed by atoms with van der Waals surface area (Å²) in [5, 5.41) is 21.1. The van der Waals surface area contributed by atoms with Crippen molar-refractivity contribution in [1.82, 2.24) is 4.98 Å². The number of nitrogens with two attached hydrogens (primary N) is 1. The molecule has 9 nitrogen and oxygen atoms in total. The Morgan fingerprint density at radius 2 is 1.72 bits per heavy atom. The van der Waals surface area contributed by atoms with Gasteiger partial charge in [-0.05, 0) is 48.0 Å². The van der Waals surface area contributed by atoms with Crippen molar-refractivity contribution in [2.24, 2.45) is 5.14 Å². The van der Waals surface area contributed by atoms with Crippen LogP contribution in [0.1, 0.15) is 5.56 Å². The molecule has 0 radical (unpaired) electrons. The average Bonchev–Trinajstić information content (AvgIpc) is 2.79. The third kappa shape index (κ3) is 4.22. The van der Waals surface area contributed by atoms with Gasteiger partial charge in [0, 0.05) is 24.0 Å². The Balaban J connectivity index is 1.56. The first kappa shape index (κ1) is 21.2. The van der Waals surface area contributed by atoms with Gasteiger partial charge in [0.05, 0.1) is 10.6 Å². The van der Waals surface area contributed by atoms with Crippen molar-refractivity contribution in [2.45, 2.75) is 11.4 Å². The molecule has 5 N–H and O–H groups in total. The maximum absolute atomic E-state index is 12.1. The lowest BCUT2D eigenvalue weighted by Gasteiger charge is -2.16. The molecule has 3 aromatic carbocycles. The summed E-state index contributed by atoms with van der Waals surface area (Å²) in [6.45, 7) is 0.109. The van der Waals surface area contributed by atoms with Crippen LogP contribution in [0.5, 0.6) is 5.75 Å². The number of phenolic OH excluding ortho intramolecular Hbond substituents is 1. The number of aromatic nitrogens is 1. The molecule has 32 heavy (non-hydrogen) atoms. The molecule has 0 amide bonds. The van der Waals surface area contributed by atoms with Crippen LogP contribution in [0.3, 0.4) is 0 Å². The van der Waals surface area contributed by atoms with Gasteiger partial charge in [0.2, 0.25) is 10.0 Å². The number of nitrogens with zero attached hydrogens (tertiary/aromatic N) is 1. The number of sulfonamides is 1. The third-order valence-electron chi connectivity index (χ3n) is 4.81. The molecule has 0 aliphatic carbocycles. The van der Waals surface area contributed by atoms with Crippen molar-refractivity contribution < 1.29 is 13.5 Å². The Kier molecular flexibility index (Phi) is 5.47. The molecule has 0 unspecified atom stereocenters. The van der Waals surface area contributed by atoms with Crippen molar-refractivity contribution in [1.29, 1.82) is 0 Å². The zero-order valence-corrected chi connectivity index (χ0v) is 17.4. The summed E-state index contributed by atoms with van der Waals surface area (Å²) in [4.78, 5) is 28.4. The first-order valence-electron chi connectivity index (χ1n) is 9.44. The second-order valence-electron chi connectivity index (χ2n) is 7.03. The number of nitrogens with one attached hydrogen (secondary N) is 2. The number of primary sulfonamides is 1. The second kappa shape index (κ2) is 8.25.